The Balaban J connectivity index is 0.000000337. The van der Waals surface area contributed by atoms with E-state index < -0.39 is 6.68 Å². The molecule has 0 unspecified atom stereocenters. The van der Waals surface area contributed by atoms with E-state index in [0.717, 1.165) is 21.7 Å². The van der Waals surface area contributed by atoms with Crippen molar-refractivity contribution in [2.75, 3.05) is 0 Å². The molecule has 4 aromatic heterocycles. The molecule has 0 aliphatic heterocycles. The molecule has 0 spiro atoms. The van der Waals surface area contributed by atoms with Gasteiger partial charge in [0.2, 0.25) is 0 Å². The highest BCUT2D eigenvalue weighted by Gasteiger charge is 2.22. The second kappa shape index (κ2) is 9.05. The van der Waals surface area contributed by atoms with Crippen molar-refractivity contribution in [1.29, 1.82) is 0 Å². The molecule has 0 saturated heterocycles. The van der Waals surface area contributed by atoms with Gasteiger partial charge in [0, 0.05) is 28.9 Å². The van der Waals surface area contributed by atoms with Crippen molar-refractivity contribution in [2.45, 2.75) is 45.7 Å². The van der Waals surface area contributed by atoms with Gasteiger partial charge in [0.1, 0.15) is 11.2 Å². The molecule has 4 heterocycles. The summed E-state index contributed by atoms with van der Waals surface area (Å²) in [6.45, 7) is 0.333. The first-order valence-corrected chi connectivity index (χ1v) is 9.76. The van der Waals surface area contributed by atoms with E-state index in [1.807, 2.05) is 26.2 Å². The summed E-state index contributed by atoms with van der Waals surface area (Å²) in [7, 11) is 0. The van der Waals surface area contributed by atoms with Crippen molar-refractivity contribution in [3.8, 4) is 11.4 Å². The first-order valence-electron chi connectivity index (χ1n) is 8.94. The summed E-state index contributed by atoms with van der Waals surface area (Å²) < 4.78 is 30.8. The molecule has 1 aliphatic rings. The Morgan fingerprint density at radius 3 is 2.57 bits per heavy atom. The van der Waals surface area contributed by atoms with Crippen LogP contribution in [0.2, 0.25) is 0 Å². The van der Waals surface area contributed by atoms with Crippen molar-refractivity contribution in [3.05, 3.63) is 35.9 Å². The highest BCUT2D eigenvalue weighted by Crippen LogP contribution is 2.41. The fourth-order valence-corrected chi connectivity index (χ4v) is 3.90. The lowest BCUT2D eigenvalue weighted by Gasteiger charge is -2.23. The van der Waals surface area contributed by atoms with Crippen molar-refractivity contribution in [2.24, 2.45) is 0 Å². The topological polar surface area (TPSA) is 68.9 Å². The first-order chi connectivity index (χ1) is 13.6. The van der Waals surface area contributed by atoms with Crippen LogP contribution < -0.4 is 0 Å². The molecule has 0 radical (unpaired) electrons. The van der Waals surface area contributed by atoms with Gasteiger partial charge in [-0.05, 0) is 24.8 Å². The first kappa shape index (κ1) is 20.1. The minimum atomic E-state index is -3.67. The largest absolute Gasteiger partial charge is 0.379 e. The Hall–Kier alpha value is -2.62. The number of rotatable bonds is 2. The molecule has 0 atom stereocenters. The van der Waals surface area contributed by atoms with Gasteiger partial charge in [0.25, 0.3) is 5.78 Å². The van der Waals surface area contributed by atoms with Crippen molar-refractivity contribution >= 4 is 27.3 Å². The Morgan fingerprint density at radius 1 is 1.14 bits per heavy atom. The third kappa shape index (κ3) is 4.44. The van der Waals surface area contributed by atoms with E-state index >= 15 is 0 Å². The van der Waals surface area contributed by atoms with E-state index in [-0.39, 0.29) is 0 Å². The number of nitrogens with zero attached hydrogens (tertiary/aromatic N) is 6. The van der Waals surface area contributed by atoms with Gasteiger partial charge in [-0.15, -0.1) is 21.5 Å². The second-order valence-corrected chi connectivity index (χ2v) is 6.92. The van der Waals surface area contributed by atoms with E-state index in [2.05, 4.69) is 26.2 Å². The molecule has 148 valence electrons. The Labute approximate surface area is 163 Å². The van der Waals surface area contributed by atoms with Crippen molar-refractivity contribution in [3.63, 3.8) is 0 Å². The number of halogens is 3. The smallest absolute Gasteiger partial charge is 0.272 e. The van der Waals surface area contributed by atoms with Crippen LogP contribution in [0.4, 0.5) is 13.2 Å². The lowest BCUT2D eigenvalue weighted by molar-refractivity contribution is 0.00819. The SMILES string of the molecule is CC.FC(F)F.c1nc2nncn2cc1-c1ncc2cc(C3CCC3)sc2n1. The van der Waals surface area contributed by atoms with Crippen LogP contribution in [0, 0.1) is 0 Å². The molecule has 28 heavy (non-hydrogen) atoms. The summed E-state index contributed by atoms with van der Waals surface area (Å²) in [5.74, 6) is 2.00. The van der Waals surface area contributed by atoms with Gasteiger partial charge in [0.05, 0.1) is 5.56 Å². The van der Waals surface area contributed by atoms with Crippen LogP contribution in [0.5, 0.6) is 0 Å². The minimum absolute atomic E-state index is 0.577. The molecule has 0 aromatic carbocycles. The summed E-state index contributed by atoms with van der Waals surface area (Å²) in [5.41, 5.74) is 0.868. The summed E-state index contributed by atoms with van der Waals surface area (Å²) in [6, 6.07) is 2.24. The third-order valence-corrected chi connectivity index (χ3v) is 5.42. The second-order valence-electron chi connectivity index (χ2n) is 5.86. The number of hydrogen-bond acceptors (Lipinski definition) is 6. The molecule has 0 bridgehead atoms. The van der Waals surface area contributed by atoms with Crippen LogP contribution in [0.1, 0.15) is 43.9 Å². The fraction of sp³-hybridized carbons (Fsp3) is 0.389. The van der Waals surface area contributed by atoms with Crippen LogP contribution in [0.25, 0.3) is 27.4 Å². The maximum absolute atomic E-state index is 9.67. The molecule has 5 rings (SSSR count). The van der Waals surface area contributed by atoms with Gasteiger partial charge in [0.15, 0.2) is 5.82 Å². The van der Waals surface area contributed by atoms with E-state index in [4.69, 9.17) is 4.98 Å². The van der Waals surface area contributed by atoms with E-state index in [9.17, 15) is 13.2 Å². The molecule has 0 amide bonds. The van der Waals surface area contributed by atoms with Crippen LogP contribution >= 0.6 is 11.3 Å². The van der Waals surface area contributed by atoms with E-state index in [1.165, 1.54) is 24.1 Å². The standard InChI is InChI=1S/C15H12N6S.C2H6.CHF3/c1-2-9(3-1)12-4-10-5-16-13(19-14(10)22-12)11-6-17-15-20-18-8-21(15)7-11;1-2;2-1(3)4/h4-9H,1-3H2;1-2H3;1H. The molecular formula is C18H19F3N6S. The lowest BCUT2D eigenvalue weighted by Crippen LogP contribution is -2.06. The number of fused-ring (bicyclic) bond motifs is 2. The molecule has 1 aliphatic carbocycles. The highest BCUT2D eigenvalue weighted by atomic mass is 32.1. The van der Waals surface area contributed by atoms with Gasteiger partial charge in [-0.1, -0.05) is 20.3 Å². The average Bonchev–Trinajstić information content (AvgIpc) is 3.26. The average molecular weight is 408 g/mol. The summed E-state index contributed by atoms with van der Waals surface area (Å²) >= 11 is 1.79. The Kier molecular flexibility index (Phi) is 6.50. The molecule has 10 heteroatoms. The minimum Gasteiger partial charge on any atom is -0.272 e. The zero-order valence-electron chi connectivity index (χ0n) is 15.4. The number of aromatic nitrogens is 6. The number of thiophene rings is 1. The molecule has 6 nitrogen and oxygen atoms in total. The number of hydrogen-bond donors (Lipinski definition) is 0. The quantitative estimate of drug-likeness (QED) is 0.452. The number of alkyl halides is 3. The molecule has 0 N–H and O–H groups in total. The molecule has 4 aromatic rings. The van der Waals surface area contributed by atoms with Gasteiger partial charge in [-0.2, -0.15) is 13.2 Å². The third-order valence-electron chi connectivity index (χ3n) is 4.21. The van der Waals surface area contributed by atoms with E-state index in [1.54, 1.807) is 28.3 Å². The molecular weight excluding hydrogens is 389 g/mol. The highest BCUT2D eigenvalue weighted by molar-refractivity contribution is 7.18. The summed E-state index contributed by atoms with van der Waals surface area (Å²) in [5, 5.41) is 8.87. The lowest BCUT2D eigenvalue weighted by atomic mass is 9.84. The van der Waals surface area contributed by atoms with Crippen LogP contribution in [0.15, 0.2) is 31.0 Å². The zero-order valence-corrected chi connectivity index (χ0v) is 16.2. The van der Waals surface area contributed by atoms with Gasteiger partial charge in [-0.25, -0.2) is 15.0 Å². The fourth-order valence-electron chi connectivity index (χ4n) is 2.73. The normalized spacial score (nSPS) is 13.6. The molecule has 1 saturated carbocycles. The van der Waals surface area contributed by atoms with Crippen LogP contribution in [0.3, 0.4) is 0 Å². The van der Waals surface area contributed by atoms with Gasteiger partial charge >= 0.3 is 6.68 Å². The molecule has 1 fully saturated rings. The Morgan fingerprint density at radius 2 is 1.89 bits per heavy atom. The zero-order chi connectivity index (χ0) is 20.1. The van der Waals surface area contributed by atoms with Crippen molar-refractivity contribution in [1.82, 2.24) is 29.5 Å². The van der Waals surface area contributed by atoms with Crippen molar-refractivity contribution < 1.29 is 13.2 Å². The summed E-state index contributed by atoms with van der Waals surface area (Å²) in [6.07, 6.45) is 11.1. The van der Waals surface area contributed by atoms with Gasteiger partial charge < -0.3 is 0 Å². The predicted molar refractivity (Wildman–Crippen MR) is 102 cm³/mol. The van der Waals surface area contributed by atoms with E-state index in [0.29, 0.717) is 11.6 Å². The Bertz CT molecular complexity index is 1040. The van der Waals surface area contributed by atoms with Crippen LogP contribution in [-0.2, 0) is 0 Å². The maximum Gasteiger partial charge on any atom is 0.379 e. The summed E-state index contributed by atoms with van der Waals surface area (Å²) in [4.78, 5) is 16.0. The predicted octanol–water partition coefficient (Wildman–Crippen LogP) is 5.27. The van der Waals surface area contributed by atoms with Gasteiger partial charge in [-0.3, -0.25) is 4.40 Å². The maximum atomic E-state index is 9.67. The van der Waals surface area contributed by atoms with Crippen LogP contribution in [-0.4, -0.2) is 36.2 Å². The monoisotopic (exact) mass is 408 g/mol.